The predicted octanol–water partition coefficient (Wildman–Crippen LogP) is 1.11. The number of benzene rings is 1. The molecule has 31 heavy (non-hydrogen) atoms. The van der Waals surface area contributed by atoms with Crippen LogP contribution in [-0.2, 0) is 25.6 Å². The SMILES string of the molecule is CC(=O)CC[C@H](NC(=O)N[C@@H](CCC(=O)CCCc1ccc([211At])cc1)C(=O)O)C(=O)O. The van der Waals surface area contributed by atoms with Crippen molar-refractivity contribution in [3.05, 3.63) is 29.8 Å². The Hall–Kier alpha value is -2.35. The summed E-state index contributed by atoms with van der Waals surface area (Å²) in [7, 11) is 0. The zero-order valence-electron chi connectivity index (χ0n) is 17.2. The van der Waals surface area contributed by atoms with E-state index in [0.717, 1.165) is 12.0 Å². The number of Topliss-reactive ketones (excluding diaryl/α,β-unsaturated/α-hetero) is 2. The van der Waals surface area contributed by atoms with Gasteiger partial charge in [0, 0.05) is 6.42 Å². The standard InChI is InChI=1S/C21H27AtN2O7/c1-13(25)5-11-17(19(27)28)23-21(31)24-18(20(29)30)12-10-16(26)4-2-3-14-6-8-15(22)9-7-14/h6-9,17-18H,2-5,10-12H2,1H3,(H,27,28)(H,29,30)(H2,23,24,31)/t17-,18-/m0/s1/i22+1. The van der Waals surface area contributed by atoms with Crippen molar-refractivity contribution in [2.75, 3.05) is 0 Å². The first-order valence-electron chi connectivity index (χ1n) is 9.86. The molecule has 0 heterocycles. The third kappa shape index (κ3) is 11.6. The Morgan fingerprint density at radius 3 is 1.87 bits per heavy atom. The van der Waals surface area contributed by atoms with E-state index in [9.17, 15) is 29.1 Å². The van der Waals surface area contributed by atoms with E-state index in [1.807, 2.05) is 24.3 Å². The Balaban J connectivity index is 2.44. The monoisotopic (exact) mass is 630 g/mol. The van der Waals surface area contributed by atoms with Crippen LogP contribution < -0.4 is 13.9 Å². The minimum atomic E-state index is -1.33. The van der Waals surface area contributed by atoms with Gasteiger partial charge in [0.15, 0.2) is 0 Å². The van der Waals surface area contributed by atoms with Gasteiger partial charge in [-0.1, -0.05) is 0 Å². The molecule has 0 fully saturated rings. The number of carboxylic acid groups (broad SMARTS) is 2. The molecular formula is C21H27AtN2O7. The summed E-state index contributed by atoms with van der Waals surface area (Å²) in [5, 5.41) is 22.7. The maximum atomic E-state index is 12.1. The molecule has 0 saturated carbocycles. The van der Waals surface area contributed by atoms with Crippen LogP contribution in [-0.4, -0.2) is 51.8 Å². The Labute approximate surface area is 195 Å². The molecule has 9 nitrogen and oxygen atoms in total. The number of ketones is 2. The molecular weight excluding hydrogens is 603 g/mol. The minimum Gasteiger partial charge on any atom is -0.480 e. The van der Waals surface area contributed by atoms with Crippen molar-refractivity contribution in [3.63, 3.8) is 0 Å². The normalized spacial score (nSPS) is 12.5. The first-order valence-corrected chi connectivity index (χ1v) is 11.3. The van der Waals surface area contributed by atoms with Gasteiger partial charge in [-0.05, 0) is 13.3 Å². The number of hydrogen-bond donors (Lipinski definition) is 4. The number of amides is 2. The predicted molar refractivity (Wildman–Crippen MR) is 108 cm³/mol. The Kier molecular flexibility index (Phi) is 11.9. The van der Waals surface area contributed by atoms with Crippen molar-refractivity contribution in [2.45, 2.75) is 64.0 Å². The topological polar surface area (TPSA) is 150 Å². The number of urea groups is 1. The molecule has 0 unspecified atom stereocenters. The molecule has 1 rings (SSSR count). The number of nitrogens with one attached hydrogen (secondary N) is 2. The smallest absolute Gasteiger partial charge is 0.480 e. The van der Waals surface area contributed by atoms with Crippen LogP contribution in [0.1, 0.15) is 51.0 Å². The molecule has 0 spiro atoms. The summed E-state index contributed by atoms with van der Waals surface area (Å²) in [6.07, 6.45) is 1.46. The van der Waals surface area contributed by atoms with Crippen molar-refractivity contribution in [3.8, 4) is 0 Å². The minimum absolute atomic E-state index is 0.0138. The van der Waals surface area contributed by atoms with E-state index < -0.39 is 30.1 Å². The molecule has 170 valence electrons. The Morgan fingerprint density at radius 2 is 1.39 bits per heavy atom. The molecule has 4 N–H and O–H groups in total. The van der Waals surface area contributed by atoms with Crippen LogP contribution in [0.25, 0.3) is 0 Å². The summed E-state index contributed by atoms with van der Waals surface area (Å²) >= 11 is 1.59. The van der Waals surface area contributed by atoms with Crippen molar-refractivity contribution in [2.24, 2.45) is 0 Å². The van der Waals surface area contributed by atoms with Gasteiger partial charge in [-0.25, -0.2) is 14.4 Å². The van der Waals surface area contributed by atoms with E-state index in [0.29, 0.717) is 12.8 Å². The van der Waals surface area contributed by atoms with Gasteiger partial charge in [0.25, 0.3) is 0 Å². The maximum absolute atomic E-state index is 12.1. The molecule has 0 aliphatic carbocycles. The molecule has 1 aromatic carbocycles. The molecule has 1 aromatic rings. The van der Waals surface area contributed by atoms with Crippen molar-refractivity contribution >= 4 is 32.8 Å². The van der Waals surface area contributed by atoms with E-state index in [2.05, 4.69) is 10.6 Å². The van der Waals surface area contributed by atoms with Crippen LogP contribution in [0.2, 0.25) is 0 Å². The van der Waals surface area contributed by atoms with E-state index >= 15 is 0 Å². The van der Waals surface area contributed by atoms with Crippen molar-refractivity contribution < 1.29 is 58.9 Å². The third-order valence-electron chi connectivity index (χ3n) is 4.54. The van der Waals surface area contributed by atoms with E-state index in [4.69, 9.17) is 5.11 Å². The van der Waals surface area contributed by atoms with Crippen LogP contribution >= 0.6 is 0 Å². The summed E-state index contributed by atoms with van der Waals surface area (Å²) in [5.74, 6) is -2.97. The number of carboxylic acids is 2. The molecule has 0 aromatic heterocycles. The van der Waals surface area contributed by atoms with Crippen molar-refractivity contribution in [1.29, 1.82) is 0 Å². The van der Waals surface area contributed by atoms with Gasteiger partial charge in [0.1, 0.15) is 11.8 Å². The zero-order valence-corrected chi connectivity index (χ0v) is 20.2. The number of hydrogen-bond acceptors (Lipinski definition) is 5. The van der Waals surface area contributed by atoms with E-state index in [1.54, 1.807) is 24.7 Å². The molecule has 2 atom stereocenters. The summed E-state index contributed by atoms with van der Waals surface area (Å²) in [6, 6.07) is 4.46. The fourth-order valence-corrected chi connectivity index (χ4v) is 3.28. The fourth-order valence-electron chi connectivity index (χ4n) is 2.79. The first kappa shape index (κ1) is 26.7. The molecule has 2 amide bonds. The first-order chi connectivity index (χ1) is 14.6. The van der Waals surface area contributed by atoms with Crippen LogP contribution in [0.5, 0.6) is 0 Å². The summed E-state index contributed by atoms with van der Waals surface area (Å²) in [5.41, 5.74) is 1.13. The van der Waals surface area contributed by atoms with Gasteiger partial charge >= 0.3 is 130 Å². The van der Waals surface area contributed by atoms with Gasteiger partial charge in [0.2, 0.25) is 0 Å². The number of aliphatic carboxylic acids is 2. The number of carbonyl (C=O) groups is 5. The molecule has 0 radical (unpaired) electrons. The number of rotatable bonds is 14. The van der Waals surface area contributed by atoms with Gasteiger partial charge in [-0.2, -0.15) is 0 Å². The number of carbonyl (C=O) groups excluding carboxylic acids is 3. The average Bonchev–Trinajstić information content (AvgIpc) is 2.69. The molecule has 0 bridgehead atoms. The fraction of sp³-hybridized carbons (Fsp3) is 0.476. The zero-order chi connectivity index (χ0) is 23.4. The molecule has 0 aliphatic rings. The van der Waals surface area contributed by atoms with Gasteiger partial charge in [-0.15, -0.1) is 0 Å². The Morgan fingerprint density at radius 1 is 0.871 bits per heavy atom. The van der Waals surface area contributed by atoms with E-state index in [-0.39, 0.29) is 37.2 Å². The van der Waals surface area contributed by atoms with Gasteiger partial charge < -0.3 is 20.3 Å². The average molecular weight is 630 g/mol. The summed E-state index contributed by atoms with van der Waals surface area (Å²) in [6.45, 7) is 1.30. The third-order valence-corrected chi connectivity index (χ3v) is 5.52. The Bertz CT molecular complexity index is 795. The van der Waals surface area contributed by atoms with Crippen LogP contribution in [0.3, 0.4) is 0 Å². The summed E-state index contributed by atoms with van der Waals surface area (Å²) in [4.78, 5) is 57.7. The van der Waals surface area contributed by atoms with Crippen LogP contribution in [0.15, 0.2) is 24.3 Å². The quantitative estimate of drug-likeness (QED) is 0.241. The van der Waals surface area contributed by atoms with E-state index in [1.165, 1.54) is 10.2 Å². The van der Waals surface area contributed by atoms with Crippen LogP contribution in [0.4, 0.5) is 4.79 Å². The van der Waals surface area contributed by atoms with Gasteiger partial charge in [-0.3, -0.25) is 0 Å². The van der Waals surface area contributed by atoms with Crippen molar-refractivity contribution in [1.82, 2.24) is 10.6 Å². The second-order valence-electron chi connectivity index (χ2n) is 7.20. The van der Waals surface area contributed by atoms with Gasteiger partial charge in [0.05, 0.1) is 0 Å². The van der Waals surface area contributed by atoms with Crippen LogP contribution in [0, 0.1) is 24.7 Å². The second-order valence-corrected chi connectivity index (χ2v) is 8.89. The molecule has 0 aliphatic heterocycles. The molecule has 10 heteroatoms. The summed E-state index contributed by atoms with van der Waals surface area (Å²) < 4.78 is 1.21. The second kappa shape index (κ2) is 13.9. The molecule has 0 saturated heterocycles. The number of aryl methyl sites for hydroxylation is 1.